The molecule has 230 valence electrons. The Balaban J connectivity index is 2.36. The van der Waals surface area contributed by atoms with Crippen LogP contribution < -0.4 is 0 Å². The summed E-state index contributed by atoms with van der Waals surface area (Å²) in [4.78, 5) is 0. The van der Waals surface area contributed by atoms with Crippen molar-refractivity contribution in [2.45, 2.75) is 152 Å². The zero-order chi connectivity index (χ0) is 30.8. The predicted molar refractivity (Wildman–Crippen MR) is 185 cm³/mol. The fourth-order valence-corrected chi connectivity index (χ4v) is 5.61. The van der Waals surface area contributed by atoms with Crippen molar-refractivity contribution in [3.63, 3.8) is 0 Å². The van der Waals surface area contributed by atoms with Crippen LogP contribution in [0.1, 0.15) is 146 Å². The third-order valence-corrected chi connectivity index (χ3v) is 8.75. The summed E-state index contributed by atoms with van der Waals surface area (Å²) >= 11 is 0. The largest absolute Gasteiger partial charge is 0.392 e. The average Bonchev–Trinajstić information content (AvgIpc) is 2.88. The molecular formula is C40H64O. The van der Waals surface area contributed by atoms with Gasteiger partial charge < -0.3 is 5.11 Å². The molecule has 0 saturated heterocycles. The molecule has 1 heteroatoms. The highest BCUT2D eigenvalue weighted by atomic mass is 16.3. The van der Waals surface area contributed by atoms with E-state index >= 15 is 0 Å². The lowest BCUT2D eigenvalue weighted by molar-refractivity contribution is 0.0558. The molecule has 0 aromatic rings. The molecule has 1 aliphatic carbocycles. The van der Waals surface area contributed by atoms with Crippen molar-refractivity contribution in [2.75, 3.05) is 0 Å². The summed E-state index contributed by atoms with van der Waals surface area (Å²) in [5, 5.41) is 10.5. The third-order valence-electron chi connectivity index (χ3n) is 8.75. The van der Waals surface area contributed by atoms with Gasteiger partial charge in [-0.2, -0.15) is 0 Å². The minimum Gasteiger partial charge on any atom is -0.392 e. The van der Waals surface area contributed by atoms with Gasteiger partial charge >= 0.3 is 0 Å². The van der Waals surface area contributed by atoms with E-state index in [1.807, 2.05) is 0 Å². The van der Waals surface area contributed by atoms with Crippen LogP contribution in [-0.2, 0) is 0 Å². The molecule has 1 aliphatic rings. The van der Waals surface area contributed by atoms with Crippen LogP contribution in [0.3, 0.4) is 0 Å². The van der Waals surface area contributed by atoms with E-state index in [-0.39, 0.29) is 11.5 Å². The van der Waals surface area contributed by atoms with Crippen molar-refractivity contribution in [2.24, 2.45) is 5.41 Å². The van der Waals surface area contributed by atoms with Crippen molar-refractivity contribution in [1.29, 1.82) is 0 Å². The molecule has 0 aliphatic heterocycles. The lowest BCUT2D eigenvalue weighted by Crippen LogP contribution is -2.35. The molecule has 1 unspecified atom stereocenters. The van der Waals surface area contributed by atoms with Gasteiger partial charge in [0.25, 0.3) is 0 Å². The number of hydrogen-bond acceptors (Lipinski definition) is 1. The molecule has 0 aromatic carbocycles. The first-order chi connectivity index (χ1) is 19.3. The summed E-state index contributed by atoms with van der Waals surface area (Å²) in [6.45, 7) is 22.3. The molecule has 0 fully saturated rings. The molecule has 0 spiro atoms. The summed E-state index contributed by atoms with van der Waals surface area (Å²) < 4.78 is 0. The Kier molecular flexibility index (Phi) is 17.9. The number of aliphatic hydroxyl groups excluding tert-OH is 1. The second kappa shape index (κ2) is 19.9. The van der Waals surface area contributed by atoms with Crippen molar-refractivity contribution in [1.82, 2.24) is 0 Å². The molecule has 41 heavy (non-hydrogen) atoms. The van der Waals surface area contributed by atoms with Gasteiger partial charge in [0, 0.05) is 5.41 Å². The maximum atomic E-state index is 10.5. The van der Waals surface area contributed by atoms with Crippen molar-refractivity contribution in [3.8, 4) is 0 Å². The van der Waals surface area contributed by atoms with Gasteiger partial charge in [-0.15, -0.1) is 0 Å². The van der Waals surface area contributed by atoms with Crippen LogP contribution in [0.4, 0.5) is 0 Å². The molecule has 0 saturated carbocycles. The van der Waals surface area contributed by atoms with E-state index in [1.165, 1.54) is 57.4 Å². The van der Waals surface area contributed by atoms with E-state index in [4.69, 9.17) is 0 Å². The van der Waals surface area contributed by atoms with E-state index in [0.29, 0.717) is 0 Å². The fourth-order valence-electron chi connectivity index (χ4n) is 5.61. The zero-order valence-electron chi connectivity index (χ0n) is 28.6. The number of allylic oxidation sites excluding steroid dienone is 15. The van der Waals surface area contributed by atoms with Crippen LogP contribution in [0.5, 0.6) is 0 Å². The Labute approximate surface area is 255 Å². The van der Waals surface area contributed by atoms with E-state index < -0.39 is 0 Å². The average molecular weight is 561 g/mol. The van der Waals surface area contributed by atoms with Gasteiger partial charge in [-0.3, -0.25) is 0 Å². The van der Waals surface area contributed by atoms with E-state index in [2.05, 4.69) is 118 Å². The molecular weight excluding hydrogens is 496 g/mol. The molecule has 0 heterocycles. The summed E-state index contributed by atoms with van der Waals surface area (Å²) in [5.41, 5.74) is 11.6. The zero-order valence-corrected chi connectivity index (χ0v) is 28.6. The summed E-state index contributed by atoms with van der Waals surface area (Å²) in [5.74, 6) is 0. The summed E-state index contributed by atoms with van der Waals surface area (Å²) in [7, 11) is 0. The topological polar surface area (TPSA) is 20.2 Å². The first-order valence-corrected chi connectivity index (χ1v) is 16.3. The summed E-state index contributed by atoms with van der Waals surface area (Å²) in [6.07, 6.45) is 31.5. The molecule has 0 amide bonds. The number of aliphatic hydroxyl groups is 1. The molecule has 1 atom stereocenters. The van der Waals surface area contributed by atoms with Crippen molar-refractivity contribution in [3.05, 3.63) is 93.2 Å². The van der Waals surface area contributed by atoms with Crippen LogP contribution in [-0.4, -0.2) is 11.2 Å². The SMILES string of the molecule is CC(C)=CCC/C(C)=C/CC/C(C)=C/CC/C(C)=C/C=C/C=C(\C)CC/C=C(\C)CCC1=C(C)CCC(O)C1(C)C. The van der Waals surface area contributed by atoms with Gasteiger partial charge in [-0.05, 0) is 132 Å². The van der Waals surface area contributed by atoms with E-state index in [9.17, 15) is 5.11 Å². The Morgan fingerprint density at radius 2 is 1.07 bits per heavy atom. The third kappa shape index (κ3) is 16.2. The minimum atomic E-state index is -0.208. The Morgan fingerprint density at radius 3 is 1.54 bits per heavy atom. The lowest BCUT2D eigenvalue weighted by Gasteiger charge is -2.39. The Bertz CT molecular complexity index is 1040. The van der Waals surface area contributed by atoms with Gasteiger partial charge in [-0.25, -0.2) is 0 Å². The standard InChI is InChI=1S/C40H64O/c1-31(2)17-13-20-34(5)23-15-25-35(6)24-14-21-32(3)18-11-12-19-33(4)22-16-26-36(7)27-29-38-37(8)28-30-39(41)40(38,9)10/h11-12,17-19,23-24,26,39,41H,13-16,20-22,25,27-30H2,1-10H3/b12-11+,32-18+,33-19+,34-23+,35-24+,36-26+. The number of rotatable bonds is 17. The van der Waals surface area contributed by atoms with Crippen LogP contribution in [0.15, 0.2) is 93.2 Å². The lowest BCUT2D eigenvalue weighted by atomic mass is 9.69. The van der Waals surface area contributed by atoms with Crippen LogP contribution in [0.2, 0.25) is 0 Å². The monoisotopic (exact) mass is 560 g/mol. The second-order valence-corrected chi connectivity index (χ2v) is 13.5. The second-order valence-electron chi connectivity index (χ2n) is 13.5. The van der Waals surface area contributed by atoms with Crippen molar-refractivity contribution >= 4 is 0 Å². The Hall–Kier alpha value is -2.12. The summed E-state index contributed by atoms with van der Waals surface area (Å²) in [6, 6.07) is 0. The minimum absolute atomic E-state index is 0.0847. The molecule has 1 nitrogen and oxygen atoms in total. The smallest absolute Gasteiger partial charge is 0.0631 e. The normalized spacial score (nSPS) is 19.4. The van der Waals surface area contributed by atoms with E-state index in [0.717, 1.165) is 64.2 Å². The molecule has 1 N–H and O–H groups in total. The van der Waals surface area contributed by atoms with E-state index in [1.54, 1.807) is 0 Å². The van der Waals surface area contributed by atoms with Gasteiger partial charge in [0.15, 0.2) is 0 Å². The van der Waals surface area contributed by atoms with Gasteiger partial charge in [0.05, 0.1) is 6.10 Å². The maximum absolute atomic E-state index is 10.5. The maximum Gasteiger partial charge on any atom is 0.0631 e. The molecule has 0 bridgehead atoms. The Morgan fingerprint density at radius 1 is 0.659 bits per heavy atom. The van der Waals surface area contributed by atoms with Gasteiger partial charge in [-0.1, -0.05) is 107 Å². The highest BCUT2D eigenvalue weighted by Crippen LogP contribution is 2.43. The predicted octanol–water partition coefficient (Wildman–Crippen LogP) is 12.6. The fraction of sp³-hybridized carbons (Fsp3) is 0.600. The van der Waals surface area contributed by atoms with Gasteiger partial charge in [0.2, 0.25) is 0 Å². The number of hydrogen-bond donors (Lipinski definition) is 1. The first-order valence-electron chi connectivity index (χ1n) is 16.3. The molecule has 1 rings (SSSR count). The van der Waals surface area contributed by atoms with Gasteiger partial charge in [0.1, 0.15) is 0 Å². The quantitative estimate of drug-likeness (QED) is 0.138. The first kappa shape index (κ1) is 36.9. The van der Waals surface area contributed by atoms with Crippen LogP contribution in [0.25, 0.3) is 0 Å². The highest BCUT2D eigenvalue weighted by molar-refractivity contribution is 5.26. The van der Waals surface area contributed by atoms with Crippen LogP contribution in [0, 0.1) is 5.41 Å². The molecule has 0 aromatic heterocycles. The van der Waals surface area contributed by atoms with Crippen molar-refractivity contribution < 1.29 is 5.11 Å². The molecule has 0 radical (unpaired) electrons. The highest BCUT2D eigenvalue weighted by Gasteiger charge is 2.35. The van der Waals surface area contributed by atoms with Crippen LogP contribution >= 0.6 is 0 Å².